The van der Waals surface area contributed by atoms with E-state index < -0.39 is 5.97 Å². The number of hydrogen-bond donors (Lipinski definition) is 1. The molecule has 1 aromatic heterocycles. The molecule has 1 aromatic carbocycles. The van der Waals surface area contributed by atoms with Gasteiger partial charge in [0, 0.05) is 5.56 Å². The first-order valence-electron chi connectivity index (χ1n) is 6.56. The van der Waals surface area contributed by atoms with Crippen molar-refractivity contribution in [2.24, 2.45) is 0 Å². The van der Waals surface area contributed by atoms with E-state index in [1.807, 2.05) is 6.92 Å². The van der Waals surface area contributed by atoms with E-state index in [1.54, 1.807) is 12.1 Å². The second kappa shape index (κ2) is 7.25. The van der Waals surface area contributed by atoms with Crippen molar-refractivity contribution >= 4 is 46.5 Å². The van der Waals surface area contributed by atoms with Gasteiger partial charge < -0.3 is 15.2 Å². The fraction of sp³-hybridized carbons (Fsp3) is 0.200. The summed E-state index contributed by atoms with van der Waals surface area (Å²) in [6.07, 6.45) is 0. The van der Waals surface area contributed by atoms with Gasteiger partial charge in [-0.1, -0.05) is 34.8 Å². The largest absolute Gasteiger partial charge is 0.491 e. The highest BCUT2D eigenvalue weighted by Gasteiger charge is 2.20. The molecule has 0 bridgehead atoms. The zero-order valence-electron chi connectivity index (χ0n) is 12.3. The Morgan fingerprint density at radius 3 is 2.57 bits per heavy atom. The third kappa shape index (κ3) is 3.47. The van der Waals surface area contributed by atoms with Crippen LogP contribution in [0.1, 0.15) is 17.4 Å². The van der Waals surface area contributed by atoms with Gasteiger partial charge in [0.1, 0.15) is 0 Å². The summed E-state index contributed by atoms with van der Waals surface area (Å²) in [7, 11) is 1.23. The number of nitrogen functional groups attached to an aromatic ring is 1. The maximum absolute atomic E-state index is 11.8. The van der Waals surface area contributed by atoms with Gasteiger partial charge in [0.05, 0.1) is 40.2 Å². The van der Waals surface area contributed by atoms with Crippen LogP contribution < -0.4 is 10.5 Å². The zero-order chi connectivity index (χ0) is 17.1. The number of anilines is 1. The summed E-state index contributed by atoms with van der Waals surface area (Å²) in [4.78, 5) is 16.0. The maximum atomic E-state index is 11.8. The van der Waals surface area contributed by atoms with Gasteiger partial charge in [0.25, 0.3) is 0 Å². The van der Waals surface area contributed by atoms with Gasteiger partial charge in [-0.3, -0.25) is 0 Å². The molecule has 0 aliphatic heterocycles. The third-order valence-corrected chi connectivity index (χ3v) is 4.05. The van der Waals surface area contributed by atoms with Crippen molar-refractivity contribution in [3.05, 3.63) is 39.0 Å². The molecule has 5 nitrogen and oxygen atoms in total. The first-order valence-corrected chi connectivity index (χ1v) is 7.69. The fourth-order valence-corrected chi connectivity index (χ4v) is 2.68. The average molecular weight is 376 g/mol. The number of esters is 1. The van der Waals surface area contributed by atoms with E-state index in [1.165, 1.54) is 13.2 Å². The van der Waals surface area contributed by atoms with E-state index in [0.29, 0.717) is 28.6 Å². The number of nitrogens with two attached hydrogens (primary N) is 1. The standard InChI is InChI=1S/C15H13Cl3N2O3/c1-3-23-14-8(16)5-4-7(11(14)17)10-6-9(19)12(18)13(20-10)15(21)22-2/h4-6H,3H2,1-2H3,(H2,19,20). The molecule has 122 valence electrons. The minimum atomic E-state index is -0.696. The van der Waals surface area contributed by atoms with Crippen LogP contribution in [0.4, 0.5) is 5.69 Å². The molecule has 0 unspecified atom stereocenters. The van der Waals surface area contributed by atoms with E-state index >= 15 is 0 Å². The van der Waals surface area contributed by atoms with Crippen LogP contribution in [-0.2, 0) is 4.74 Å². The third-order valence-electron chi connectivity index (χ3n) is 2.98. The Labute approximate surface area is 148 Å². The maximum Gasteiger partial charge on any atom is 0.358 e. The van der Waals surface area contributed by atoms with Crippen LogP contribution in [0, 0.1) is 0 Å². The lowest BCUT2D eigenvalue weighted by Crippen LogP contribution is -2.08. The number of ether oxygens (including phenoxy) is 2. The average Bonchev–Trinajstić information content (AvgIpc) is 2.53. The molecule has 0 radical (unpaired) electrons. The van der Waals surface area contributed by atoms with E-state index in [0.717, 1.165) is 0 Å². The number of pyridine rings is 1. The Kier molecular flexibility index (Phi) is 5.57. The van der Waals surface area contributed by atoms with Gasteiger partial charge in [0.2, 0.25) is 0 Å². The number of halogens is 3. The first kappa shape index (κ1) is 17.7. The molecule has 1 heterocycles. The Balaban J connectivity index is 2.65. The van der Waals surface area contributed by atoms with Crippen molar-refractivity contribution in [2.75, 3.05) is 19.5 Å². The normalized spacial score (nSPS) is 10.5. The van der Waals surface area contributed by atoms with E-state index in [4.69, 9.17) is 45.3 Å². The summed E-state index contributed by atoms with van der Waals surface area (Å²) in [5.74, 6) is -0.359. The highest BCUT2D eigenvalue weighted by Crippen LogP contribution is 2.41. The van der Waals surface area contributed by atoms with Gasteiger partial charge >= 0.3 is 5.97 Å². The SMILES string of the molecule is CCOc1c(Cl)ccc(-c2cc(N)c(Cl)c(C(=O)OC)n2)c1Cl. The molecule has 8 heteroatoms. The molecule has 0 amide bonds. The van der Waals surface area contributed by atoms with Gasteiger partial charge in [-0.15, -0.1) is 0 Å². The molecule has 0 spiro atoms. The number of rotatable bonds is 4. The van der Waals surface area contributed by atoms with E-state index in [-0.39, 0.29) is 21.4 Å². The molecular weight excluding hydrogens is 363 g/mol. The molecule has 0 saturated heterocycles. The quantitative estimate of drug-likeness (QED) is 0.798. The molecule has 0 aliphatic rings. The predicted molar refractivity (Wildman–Crippen MR) is 91.6 cm³/mol. The van der Waals surface area contributed by atoms with Gasteiger partial charge in [-0.25, -0.2) is 9.78 Å². The molecule has 0 aliphatic carbocycles. The molecule has 2 rings (SSSR count). The van der Waals surface area contributed by atoms with Crippen LogP contribution in [0.25, 0.3) is 11.3 Å². The number of benzene rings is 1. The van der Waals surface area contributed by atoms with Crippen LogP contribution in [0.2, 0.25) is 15.1 Å². The lowest BCUT2D eigenvalue weighted by molar-refractivity contribution is 0.0594. The van der Waals surface area contributed by atoms with Crippen LogP contribution in [0.15, 0.2) is 18.2 Å². The highest BCUT2D eigenvalue weighted by atomic mass is 35.5. The Hall–Kier alpha value is -1.69. The van der Waals surface area contributed by atoms with Crippen molar-refractivity contribution in [1.82, 2.24) is 4.98 Å². The smallest absolute Gasteiger partial charge is 0.358 e. The topological polar surface area (TPSA) is 74.4 Å². The molecule has 23 heavy (non-hydrogen) atoms. The molecular formula is C15H13Cl3N2O3. The van der Waals surface area contributed by atoms with Crippen LogP contribution in [0.3, 0.4) is 0 Å². The summed E-state index contributed by atoms with van der Waals surface area (Å²) in [6.45, 7) is 2.21. The highest BCUT2D eigenvalue weighted by molar-refractivity contribution is 6.39. The Bertz CT molecular complexity index is 766. The second-order valence-corrected chi connectivity index (χ2v) is 5.59. The molecule has 0 atom stereocenters. The lowest BCUT2D eigenvalue weighted by atomic mass is 10.1. The number of nitrogens with zero attached hydrogens (tertiary/aromatic N) is 1. The van der Waals surface area contributed by atoms with Gasteiger partial charge in [0.15, 0.2) is 11.4 Å². The molecule has 2 aromatic rings. The van der Waals surface area contributed by atoms with Crippen molar-refractivity contribution in [3.63, 3.8) is 0 Å². The summed E-state index contributed by atoms with van der Waals surface area (Å²) < 4.78 is 10.1. The molecule has 2 N–H and O–H groups in total. The fourth-order valence-electron chi connectivity index (χ4n) is 1.93. The summed E-state index contributed by atoms with van der Waals surface area (Å²) >= 11 is 18.4. The van der Waals surface area contributed by atoms with Gasteiger partial charge in [-0.05, 0) is 25.1 Å². The summed E-state index contributed by atoms with van der Waals surface area (Å²) in [6, 6.07) is 4.79. The molecule has 0 saturated carbocycles. The Morgan fingerprint density at radius 2 is 1.96 bits per heavy atom. The minimum absolute atomic E-state index is 0.0238. The number of carbonyl (C=O) groups excluding carboxylic acids is 1. The van der Waals surface area contributed by atoms with Crippen molar-refractivity contribution < 1.29 is 14.3 Å². The van der Waals surface area contributed by atoms with Crippen LogP contribution in [-0.4, -0.2) is 24.7 Å². The lowest BCUT2D eigenvalue weighted by Gasteiger charge is -2.13. The van der Waals surface area contributed by atoms with Crippen LogP contribution >= 0.6 is 34.8 Å². The van der Waals surface area contributed by atoms with E-state index in [2.05, 4.69) is 9.72 Å². The second-order valence-electron chi connectivity index (χ2n) is 4.42. The van der Waals surface area contributed by atoms with Gasteiger partial charge in [-0.2, -0.15) is 0 Å². The van der Waals surface area contributed by atoms with Crippen LogP contribution in [0.5, 0.6) is 5.75 Å². The Morgan fingerprint density at radius 1 is 1.26 bits per heavy atom. The number of methoxy groups -OCH3 is 1. The van der Waals surface area contributed by atoms with Crippen molar-refractivity contribution in [2.45, 2.75) is 6.92 Å². The van der Waals surface area contributed by atoms with Crippen molar-refractivity contribution in [1.29, 1.82) is 0 Å². The number of hydrogen-bond acceptors (Lipinski definition) is 5. The monoisotopic (exact) mass is 374 g/mol. The van der Waals surface area contributed by atoms with Crippen molar-refractivity contribution in [3.8, 4) is 17.0 Å². The molecule has 0 fully saturated rings. The zero-order valence-corrected chi connectivity index (χ0v) is 14.6. The first-order chi connectivity index (χ1) is 10.9. The minimum Gasteiger partial charge on any atom is -0.491 e. The number of carbonyl (C=O) groups is 1. The van der Waals surface area contributed by atoms with E-state index in [9.17, 15) is 4.79 Å². The predicted octanol–water partition coefficient (Wildman–Crippen LogP) is 4.48. The number of aromatic nitrogens is 1. The summed E-state index contributed by atoms with van der Waals surface area (Å²) in [5.41, 5.74) is 6.80. The summed E-state index contributed by atoms with van der Waals surface area (Å²) in [5, 5.41) is 0.663.